The van der Waals surface area contributed by atoms with E-state index in [1.165, 1.54) is 10.1 Å². The maximum Gasteiger partial charge on any atom is 0.349 e. The van der Waals surface area contributed by atoms with Crippen LogP contribution in [0.25, 0.3) is 0 Å². The second-order valence-corrected chi connectivity index (χ2v) is 3.44. The highest BCUT2D eigenvalue weighted by atomic mass is 16.8. The third-order valence-corrected chi connectivity index (χ3v) is 2.30. The molecule has 0 radical (unpaired) electrons. The Labute approximate surface area is 103 Å². The normalized spacial score (nSPS) is 27.6. The van der Waals surface area contributed by atoms with Gasteiger partial charge in [0.1, 0.15) is 13.5 Å². The molecule has 18 heavy (non-hydrogen) atoms. The maximum atomic E-state index is 11.1. The van der Waals surface area contributed by atoms with Crippen LogP contribution in [0.2, 0.25) is 0 Å². The molecule has 8 heteroatoms. The molecule has 0 saturated carbocycles. The monoisotopic (exact) mass is 256 g/mol. The van der Waals surface area contributed by atoms with Gasteiger partial charge in [-0.25, -0.2) is 9.59 Å². The summed E-state index contributed by atoms with van der Waals surface area (Å²) in [7, 11) is 0. The van der Waals surface area contributed by atoms with E-state index < -0.39 is 24.4 Å². The van der Waals surface area contributed by atoms with Gasteiger partial charge >= 0.3 is 11.9 Å². The van der Waals surface area contributed by atoms with E-state index in [4.69, 9.17) is 19.1 Å². The molecule has 2 unspecified atom stereocenters. The summed E-state index contributed by atoms with van der Waals surface area (Å²) in [4.78, 5) is 31.9. The van der Waals surface area contributed by atoms with Crippen molar-refractivity contribution >= 4 is 11.9 Å². The first-order chi connectivity index (χ1) is 8.65. The Kier molecular flexibility index (Phi) is 3.72. The highest BCUT2D eigenvalue weighted by molar-refractivity contribution is 5.81. The van der Waals surface area contributed by atoms with Crippen molar-refractivity contribution in [2.24, 2.45) is 0 Å². The first kappa shape index (κ1) is 12.7. The van der Waals surface area contributed by atoms with Crippen molar-refractivity contribution in [2.75, 3.05) is 13.5 Å². The van der Waals surface area contributed by atoms with Crippen LogP contribution in [-0.2, 0) is 28.7 Å². The zero-order valence-electron chi connectivity index (χ0n) is 9.48. The van der Waals surface area contributed by atoms with Crippen molar-refractivity contribution in [3.63, 3.8) is 0 Å². The third kappa shape index (κ3) is 2.41. The Hall–Kier alpha value is -1.74. The van der Waals surface area contributed by atoms with Crippen LogP contribution in [0, 0.1) is 0 Å². The van der Waals surface area contributed by atoms with Crippen LogP contribution in [0.5, 0.6) is 0 Å². The van der Waals surface area contributed by atoms with Crippen LogP contribution in [0.3, 0.4) is 0 Å². The van der Waals surface area contributed by atoms with E-state index in [-0.39, 0.29) is 13.5 Å². The molecule has 2 heterocycles. The third-order valence-electron chi connectivity index (χ3n) is 2.30. The highest BCUT2D eigenvalue weighted by Crippen LogP contribution is 2.28. The summed E-state index contributed by atoms with van der Waals surface area (Å²) in [5.41, 5.74) is 0. The molecule has 2 rings (SSSR count). The van der Waals surface area contributed by atoms with E-state index in [1.807, 2.05) is 0 Å². The first-order valence-electron chi connectivity index (χ1n) is 5.11. The molecule has 0 N–H and O–H groups in total. The van der Waals surface area contributed by atoms with E-state index in [0.29, 0.717) is 0 Å². The zero-order chi connectivity index (χ0) is 13.1. The van der Waals surface area contributed by atoms with Gasteiger partial charge in [-0.1, -0.05) is 23.3 Å². The minimum absolute atomic E-state index is 0.0110. The number of ether oxygens (including phenoxy) is 2. The Bertz CT molecular complexity index is 349. The van der Waals surface area contributed by atoms with Crippen LogP contribution >= 0.6 is 0 Å². The number of carbonyl (C=O) groups excluding carboxylic acids is 2. The van der Waals surface area contributed by atoms with E-state index in [1.54, 1.807) is 0 Å². The van der Waals surface area contributed by atoms with Gasteiger partial charge in [-0.05, 0) is 0 Å². The SMILES string of the molecule is C=CC(=O)ON1COC2C1OCN2OC(=O)C=C. The fourth-order valence-electron chi connectivity index (χ4n) is 1.52. The number of hydrogen-bond acceptors (Lipinski definition) is 8. The second-order valence-electron chi connectivity index (χ2n) is 3.44. The van der Waals surface area contributed by atoms with Crippen LogP contribution in [0.4, 0.5) is 0 Å². The molecular formula is C10H12N2O6. The van der Waals surface area contributed by atoms with Gasteiger partial charge in [0.15, 0.2) is 12.5 Å². The molecule has 98 valence electrons. The zero-order valence-corrected chi connectivity index (χ0v) is 9.48. The van der Waals surface area contributed by atoms with Gasteiger partial charge in [0.25, 0.3) is 0 Å². The lowest BCUT2D eigenvalue weighted by molar-refractivity contribution is -0.237. The molecule has 0 aromatic carbocycles. The Morgan fingerprint density at radius 1 is 1.00 bits per heavy atom. The van der Waals surface area contributed by atoms with Crippen LogP contribution < -0.4 is 0 Å². The lowest BCUT2D eigenvalue weighted by atomic mass is 10.5. The predicted octanol–water partition coefficient (Wildman–Crippen LogP) is -0.494. The van der Waals surface area contributed by atoms with Crippen molar-refractivity contribution in [1.82, 2.24) is 10.1 Å². The number of hydrogen-bond donors (Lipinski definition) is 0. The predicted molar refractivity (Wildman–Crippen MR) is 55.7 cm³/mol. The van der Waals surface area contributed by atoms with E-state index in [2.05, 4.69) is 13.2 Å². The van der Waals surface area contributed by atoms with Gasteiger partial charge in [0.2, 0.25) is 0 Å². The fourth-order valence-corrected chi connectivity index (χ4v) is 1.52. The van der Waals surface area contributed by atoms with E-state index >= 15 is 0 Å². The number of hydroxylamine groups is 4. The molecule has 0 spiro atoms. The highest BCUT2D eigenvalue weighted by Gasteiger charge is 2.49. The van der Waals surface area contributed by atoms with Gasteiger partial charge in [-0.3, -0.25) is 0 Å². The molecule has 0 aromatic rings. The summed E-state index contributed by atoms with van der Waals surface area (Å²) >= 11 is 0. The largest absolute Gasteiger partial charge is 0.359 e. The van der Waals surface area contributed by atoms with Gasteiger partial charge in [-0.2, -0.15) is 0 Å². The summed E-state index contributed by atoms with van der Waals surface area (Å²) in [6.07, 6.45) is 0.758. The molecule has 0 amide bonds. The fraction of sp³-hybridized carbons (Fsp3) is 0.400. The summed E-state index contributed by atoms with van der Waals surface area (Å²) in [6.45, 7) is 6.58. The molecule has 0 bridgehead atoms. The minimum Gasteiger partial charge on any atom is -0.359 e. The Morgan fingerprint density at radius 2 is 1.39 bits per heavy atom. The molecule has 2 aliphatic heterocycles. The van der Waals surface area contributed by atoms with Crippen molar-refractivity contribution in [3.05, 3.63) is 25.3 Å². The quantitative estimate of drug-likeness (QED) is 0.623. The lowest BCUT2D eigenvalue weighted by Crippen LogP contribution is -2.38. The number of carbonyl (C=O) groups is 2. The Morgan fingerprint density at radius 3 is 1.72 bits per heavy atom. The maximum absolute atomic E-state index is 11.1. The average Bonchev–Trinajstić information content (AvgIpc) is 2.93. The van der Waals surface area contributed by atoms with Crippen molar-refractivity contribution in [2.45, 2.75) is 12.5 Å². The van der Waals surface area contributed by atoms with Gasteiger partial charge in [0.05, 0.1) is 0 Å². The minimum atomic E-state index is -0.647. The summed E-state index contributed by atoms with van der Waals surface area (Å²) in [5, 5.41) is 2.41. The van der Waals surface area contributed by atoms with Gasteiger partial charge in [-0.15, -0.1) is 0 Å². The van der Waals surface area contributed by atoms with Crippen LogP contribution in [-0.4, -0.2) is 48.0 Å². The summed E-state index contributed by atoms with van der Waals surface area (Å²) in [5.74, 6) is -1.24. The topological polar surface area (TPSA) is 77.5 Å². The van der Waals surface area contributed by atoms with Crippen molar-refractivity contribution < 1.29 is 28.7 Å². The summed E-state index contributed by atoms with van der Waals surface area (Å²) < 4.78 is 10.6. The molecule has 0 aromatic heterocycles. The molecule has 2 aliphatic rings. The number of rotatable bonds is 4. The van der Waals surface area contributed by atoms with Gasteiger partial charge in [0, 0.05) is 12.2 Å². The molecule has 0 aliphatic carbocycles. The standard InChI is InChI=1S/C10H12N2O6/c1-3-7(13)17-11-5-15-10-9(11)16-6-12(10)18-8(14)4-2/h3-4,9-10H,1-2,5-6H2. The van der Waals surface area contributed by atoms with E-state index in [0.717, 1.165) is 12.2 Å². The van der Waals surface area contributed by atoms with Crippen LogP contribution in [0.1, 0.15) is 0 Å². The molecule has 2 fully saturated rings. The van der Waals surface area contributed by atoms with Crippen molar-refractivity contribution in [1.29, 1.82) is 0 Å². The number of nitrogens with zero attached hydrogens (tertiary/aromatic N) is 2. The average molecular weight is 256 g/mol. The van der Waals surface area contributed by atoms with E-state index in [9.17, 15) is 9.59 Å². The Balaban J connectivity index is 1.94. The molecular weight excluding hydrogens is 244 g/mol. The molecule has 8 nitrogen and oxygen atoms in total. The number of fused-ring (bicyclic) bond motifs is 1. The lowest BCUT2D eigenvalue weighted by Gasteiger charge is -2.18. The molecule has 2 atom stereocenters. The van der Waals surface area contributed by atoms with Crippen LogP contribution in [0.15, 0.2) is 25.3 Å². The van der Waals surface area contributed by atoms with Crippen molar-refractivity contribution in [3.8, 4) is 0 Å². The summed E-state index contributed by atoms with van der Waals surface area (Å²) in [6, 6.07) is 0. The molecule has 2 saturated heterocycles. The van der Waals surface area contributed by atoms with Gasteiger partial charge < -0.3 is 19.1 Å². The first-order valence-corrected chi connectivity index (χ1v) is 5.11. The second kappa shape index (κ2) is 5.27. The smallest absolute Gasteiger partial charge is 0.349 e.